The molecule has 0 amide bonds. The molecule has 1 aliphatic heterocycles. The number of ketones is 1. The third-order valence-electron chi connectivity index (χ3n) is 5.32. The van der Waals surface area contributed by atoms with Crippen LogP contribution in [-0.2, 0) is 0 Å². The molecule has 1 N–H and O–H groups in total. The SMILES string of the molecule is Cc1ccc([C@H]2Sc3ccccc3NC3=C2C(=O)c2ccccc23)c(C)c1. The number of carbonyl (C=O) groups is 1. The summed E-state index contributed by atoms with van der Waals surface area (Å²) >= 11 is 1.76. The van der Waals surface area contributed by atoms with Crippen LogP contribution in [0.2, 0.25) is 0 Å². The maximum atomic E-state index is 13.4. The summed E-state index contributed by atoms with van der Waals surface area (Å²) in [5, 5.41) is 3.55. The fourth-order valence-corrected chi connectivity index (χ4v) is 5.41. The first-order valence-electron chi connectivity index (χ1n) is 9.11. The van der Waals surface area contributed by atoms with Gasteiger partial charge in [-0.25, -0.2) is 0 Å². The molecule has 0 radical (unpaired) electrons. The minimum atomic E-state index is -0.0309. The molecule has 5 rings (SSSR count). The Bertz CT molecular complexity index is 1130. The van der Waals surface area contributed by atoms with Gasteiger partial charge in [0.2, 0.25) is 0 Å². The van der Waals surface area contributed by atoms with Gasteiger partial charge >= 0.3 is 0 Å². The number of fused-ring (bicyclic) bond motifs is 3. The van der Waals surface area contributed by atoms with Crippen LogP contribution in [0.25, 0.3) is 5.70 Å². The molecule has 0 unspecified atom stereocenters. The van der Waals surface area contributed by atoms with E-state index in [0.717, 1.165) is 28.1 Å². The maximum Gasteiger partial charge on any atom is 0.193 e. The number of carbonyl (C=O) groups excluding carboxylic acids is 1. The molecule has 0 bridgehead atoms. The van der Waals surface area contributed by atoms with Crippen LogP contribution in [0.3, 0.4) is 0 Å². The second kappa shape index (κ2) is 6.14. The predicted molar refractivity (Wildman–Crippen MR) is 112 cm³/mol. The first-order chi connectivity index (χ1) is 13.1. The summed E-state index contributed by atoms with van der Waals surface area (Å²) in [6, 6.07) is 22.7. The molecule has 1 aliphatic carbocycles. The molecule has 3 aromatic carbocycles. The largest absolute Gasteiger partial charge is 0.354 e. The van der Waals surface area contributed by atoms with Gasteiger partial charge in [-0.1, -0.05) is 60.2 Å². The molecule has 1 heterocycles. The molecular weight excluding hydrogens is 350 g/mol. The zero-order chi connectivity index (χ0) is 18.5. The van der Waals surface area contributed by atoms with E-state index in [1.54, 1.807) is 11.8 Å². The topological polar surface area (TPSA) is 29.1 Å². The molecule has 0 spiro atoms. The molecule has 3 heteroatoms. The van der Waals surface area contributed by atoms with Crippen molar-refractivity contribution in [2.45, 2.75) is 24.0 Å². The molecule has 0 saturated heterocycles. The Morgan fingerprint density at radius 3 is 2.44 bits per heavy atom. The number of para-hydroxylation sites is 1. The van der Waals surface area contributed by atoms with E-state index in [-0.39, 0.29) is 11.0 Å². The summed E-state index contributed by atoms with van der Waals surface area (Å²) in [5.41, 5.74) is 8.35. The van der Waals surface area contributed by atoms with E-state index < -0.39 is 0 Å². The smallest absolute Gasteiger partial charge is 0.193 e. The summed E-state index contributed by atoms with van der Waals surface area (Å²) in [6.07, 6.45) is 0. The molecule has 2 nitrogen and oxygen atoms in total. The summed E-state index contributed by atoms with van der Waals surface area (Å²) < 4.78 is 0. The van der Waals surface area contributed by atoms with Crippen molar-refractivity contribution < 1.29 is 4.79 Å². The average molecular weight is 369 g/mol. The van der Waals surface area contributed by atoms with E-state index in [4.69, 9.17) is 0 Å². The molecular formula is C24H19NOS. The highest BCUT2D eigenvalue weighted by atomic mass is 32.2. The Labute approximate surface area is 163 Å². The van der Waals surface area contributed by atoms with Crippen LogP contribution in [0.4, 0.5) is 5.69 Å². The Morgan fingerprint density at radius 1 is 0.889 bits per heavy atom. The van der Waals surface area contributed by atoms with Crippen LogP contribution in [0.1, 0.15) is 37.9 Å². The monoisotopic (exact) mass is 369 g/mol. The number of nitrogens with one attached hydrogen (secondary N) is 1. The summed E-state index contributed by atoms with van der Waals surface area (Å²) in [6.45, 7) is 4.25. The zero-order valence-electron chi connectivity index (χ0n) is 15.2. The Kier molecular flexibility index (Phi) is 3.73. The molecule has 0 saturated carbocycles. The van der Waals surface area contributed by atoms with Crippen molar-refractivity contribution in [1.29, 1.82) is 0 Å². The minimum Gasteiger partial charge on any atom is -0.354 e. The zero-order valence-corrected chi connectivity index (χ0v) is 16.1. The maximum absolute atomic E-state index is 13.4. The van der Waals surface area contributed by atoms with Crippen molar-refractivity contribution in [2.75, 3.05) is 5.32 Å². The highest BCUT2D eigenvalue weighted by Gasteiger charge is 2.38. The highest BCUT2D eigenvalue weighted by molar-refractivity contribution is 8.00. The van der Waals surface area contributed by atoms with Crippen molar-refractivity contribution in [3.05, 3.63) is 100 Å². The van der Waals surface area contributed by atoms with Gasteiger partial charge in [-0.15, -0.1) is 11.8 Å². The summed E-state index contributed by atoms with van der Waals surface area (Å²) in [4.78, 5) is 14.6. The molecule has 1 atom stereocenters. The number of benzene rings is 3. The number of hydrogen-bond donors (Lipinski definition) is 1. The van der Waals surface area contributed by atoms with Crippen molar-refractivity contribution in [2.24, 2.45) is 0 Å². The van der Waals surface area contributed by atoms with Crippen LogP contribution >= 0.6 is 11.8 Å². The van der Waals surface area contributed by atoms with Gasteiger partial charge in [0.15, 0.2) is 5.78 Å². The van der Waals surface area contributed by atoms with E-state index >= 15 is 0 Å². The minimum absolute atomic E-state index is 0.0309. The van der Waals surface area contributed by atoms with Crippen LogP contribution in [0.5, 0.6) is 0 Å². The summed E-state index contributed by atoms with van der Waals surface area (Å²) in [7, 11) is 0. The van der Waals surface area contributed by atoms with Crippen molar-refractivity contribution >= 4 is 28.9 Å². The van der Waals surface area contributed by atoms with Gasteiger partial charge in [0, 0.05) is 21.6 Å². The van der Waals surface area contributed by atoms with Gasteiger partial charge < -0.3 is 5.32 Å². The quantitative estimate of drug-likeness (QED) is 0.556. The lowest BCUT2D eigenvalue weighted by Gasteiger charge is -2.20. The molecule has 2 aliphatic rings. The lowest BCUT2D eigenvalue weighted by atomic mass is 9.96. The van der Waals surface area contributed by atoms with Crippen molar-refractivity contribution in [3.8, 4) is 0 Å². The third kappa shape index (κ3) is 2.54. The van der Waals surface area contributed by atoms with E-state index in [9.17, 15) is 4.79 Å². The van der Waals surface area contributed by atoms with Crippen molar-refractivity contribution in [3.63, 3.8) is 0 Å². The molecule has 132 valence electrons. The number of aryl methyl sites for hydroxylation is 2. The second-order valence-electron chi connectivity index (χ2n) is 7.14. The van der Waals surface area contributed by atoms with E-state index in [2.05, 4.69) is 55.6 Å². The van der Waals surface area contributed by atoms with E-state index in [1.165, 1.54) is 21.6 Å². The van der Waals surface area contributed by atoms with Gasteiger partial charge in [-0.3, -0.25) is 4.79 Å². The third-order valence-corrected chi connectivity index (χ3v) is 6.65. The number of rotatable bonds is 1. The van der Waals surface area contributed by atoms with E-state index in [1.807, 2.05) is 30.3 Å². The Hall–Kier alpha value is -2.78. The van der Waals surface area contributed by atoms with Crippen LogP contribution < -0.4 is 5.32 Å². The molecule has 3 aromatic rings. The van der Waals surface area contributed by atoms with Gasteiger partial charge in [-0.05, 0) is 37.1 Å². The number of Topliss-reactive ketones (excluding diaryl/α,β-unsaturated/α-hetero) is 1. The van der Waals surface area contributed by atoms with Gasteiger partial charge in [0.1, 0.15) is 0 Å². The van der Waals surface area contributed by atoms with Crippen LogP contribution in [-0.4, -0.2) is 5.78 Å². The van der Waals surface area contributed by atoms with Gasteiger partial charge in [0.05, 0.1) is 16.6 Å². The number of hydrogen-bond acceptors (Lipinski definition) is 3. The predicted octanol–water partition coefficient (Wildman–Crippen LogP) is 6.17. The first kappa shape index (κ1) is 16.4. The lowest BCUT2D eigenvalue weighted by Crippen LogP contribution is -2.09. The van der Waals surface area contributed by atoms with Crippen molar-refractivity contribution in [1.82, 2.24) is 0 Å². The van der Waals surface area contributed by atoms with Gasteiger partial charge in [-0.2, -0.15) is 0 Å². The van der Waals surface area contributed by atoms with Gasteiger partial charge in [0.25, 0.3) is 0 Å². The van der Waals surface area contributed by atoms with Crippen LogP contribution in [0.15, 0.2) is 77.2 Å². The normalized spacial score (nSPS) is 17.7. The molecule has 0 fully saturated rings. The Balaban J connectivity index is 1.77. The average Bonchev–Trinajstić information content (AvgIpc) is 2.84. The summed E-state index contributed by atoms with van der Waals surface area (Å²) in [5.74, 6) is 0.137. The fraction of sp³-hybridized carbons (Fsp3) is 0.125. The molecule has 0 aromatic heterocycles. The standard InChI is InChI=1S/C24H19NOS/c1-14-11-12-16(15(2)13-14)24-21-22(17-7-3-4-8-18(17)23(21)26)25-19-9-5-6-10-20(19)27-24/h3-13,24-25H,1-2H3/t24-/m1/s1. The second-order valence-corrected chi connectivity index (χ2v) is 8.29. The number of thioether (sulfide) groups is 1. The fourth-order valence-electron chi connectivity index (χ4n) is 4.02. The number of anilines is 1. The first-order valence-corrected chi connectivity index (χ1v) is 9.99. The lowest BCUT2D eigenvalue weighted by molar-refractivity contribution is 0.103. The Morgan fingerprint density at radius 2 is 1.63 bits per heavy atom. The van der Waals surface area contributed by atoms with Crippen LogP contribution in [0, 0.1) is 13.8 Å². The van der Waals surface area contributed by atoms with E-state index in [0.29, 0.717) is 0 Å². The molecule has 27 heavy (non-hydrogen) atoms. The highest BCUT2D eigenvalue weighted by Crippen LogP contribution is 2.52.